The highest BCUT2D eigenvalue weighted by Crippen LogP contribution is 2.25. The number of rotatable bonds is 2. The minimum Gasteiger partial charge on any atom is -0.359 e. The van der Waals surface area contributed by atoms with Gasteiger partial charge in [0.15, 0.2) is 0 Å². The lowest BCUT2D eigenvalue weighted by molar-refractivity contribution is 0.983. The monoisotopic (exact) mass is 215 g/mol. The number of hydrogen-bond acceptors (Lipinski definition) is 1. The number of aromatic nitrogens is 1. The van der Waals surface area contributed by atoms with Gasteiger partial charge in [-0.05, 0) is 23.9 Å². The molecule has 2 heterocycles. The smallest absolute Gasteiger partial charge is 0.0714 e. The van der Waals surface area contributed by atoms with Crippen molar-refractivity contribution in [3.63, 3.8) is 0 Å². The van der Waals surface area contributed by atoms with Crippen molar-refractivity contribution in [2.75, 3.05) is 0 Å². The lowest BCUT2D eigenvalue weighted by Gasteiger charge is -1.93. The summed E-state index contributed by atoms with van der Waals surface area (Å²) in [5, 5.41) is 2.08. The van der Waals surface area contributed by atoms with E-state index >= 15 is 0 Å². The number of unbranched alkanes of at least 4 members (excludes halogenated alkanes) is 1. The quantitative estimate of drug-likeness (QED) is 0.731. The van der Waals surface area contributed by atoms with Crippen LogP contribution in [0.4, 0.5) is 0 Å². The van der Waals surface area contributed by atoms with E-state index in [2.05, 4.69) is 41.3 Å². The zero-order chi connectivity index (χ0) is 10.5. The van der Waals surface area contributed by atoms with E-state index in [0.717, 1.165) is 24.1 Å². The Labute approximate surface area is 94.2 Å². The molecule has 0 aromatic carbocycles. The molecular formula is C13H13NS. The Hall–Kier alpha value is -1.46. The van der Waals surface area contributed by atoms with Crippen LogP contribution in [-0.4, -0.2) is 4.98 Å². The second-order valence-electron chi connectivity index (χ2n) is 3.30. The Morgan fingerprint density at radius 3 is 3.07 bits per heavy atom. The molecule has 0 fully saturated rings. The zero-order valence-electron chi connectivity index (χ0n) is 8.71. The first kappa shape index (κ1) is 10.1. The van der Waals surface area contributed by atoms with Crippen molar-refractivity contribution < 1.29 is 0 Å². The van der Waals surface area contributed by atoms with E-state index in [0.29, 0.717) is 0 Å². The fourth-order valence-corrected chi connectivity index (χ4v) is 2.13. The minimum atomic E-state index is 0.967. The van der Waals surface area contributed by atoms with Crippen LogP contribution >= 0.6 is 11.3 Å². The van der Waals surface area contributed by atoms with Gasteiger partial charge in [-0.2, -0.15) is 0 Å². The summed E-state index contributed by atoms with van der Waals surface area (Å²) in [6, 6.07) is 6.21. The Kier molecular flexibility index (Phi) is 3.26. The largest absolute Gasteiger partial charge is 0.359 e. The molecular weight excluding hydrogens is 202 g/mol. The van der Waals surface area contributed by atoms with Crippen molar-refractivity contribution in [1.82, 2.24) is 4.98 Å². The summed E-state index contributed by atoms with van der Waals surface area (Å²) in [5.74, 6) is 6.38. The maximum Gasteiger partial charge on any atom is 0.0714 e. The van der Waals surface area contributed by atoms with Crippen LogP contribution in [0.5, 0.6) is 0 Å². The molecule has 2 aromatic heterocycles. The van der Waals surface area contributed by atoms with Crippen LogP contribution in [0, 0.1) is 11.8 Å². The molecule has 0 amide bonds. The van der Waals surface area contributed by atoms with Crippen molar-refractivity contribution in [1.29, 1.82) is 0 Å². The van der Waals surface area contributed by atoms with E-state index in [4.69, 9.17) is 0 Å². The Bertz CT molecular complexity index is 468. The number of thiophene rings is 1. The molecule has 0 spiro atoms. The van der Waals surface area contributed by atoms with E-state index in [1.54, 1.807) is 11.3 Å². The maximum absolute atomic E-state index is 3.24. The lowest BCUT2D eigenvalue weighted by atomic mass is 10.2. The van der Waals surface area contributed by atoms with Crippen LogP contribution < -0.4 is 0 Å². The summed E-state index contributed by atoms with van der Waals surface area (Å²) in [6.45, 7) is 2.14. The first-order chi connectivity index (χ1) is 7.42. The predicted octanol–water partition coefficient (Wildman–Crippen LogP) is 3.89. The topological polar surface area (TPSA) is 15.8 Å². The van der Waals surface area contributed by atoms with E-state index in [1.807, 2.05) is 12.3 Å². The summed E-state index contributed by atoms with van der Waals surface area (Å²) >= 11 is 1.73. The number of nitrogens with one attached hydrogen (secondary N) is 1. The molecule has 1 N–H and O–H groups in total. The molecule has 0 saturated heterocycles. The van der Waals surface area contributed by atoms with E-state index in [9.17, 15) is 0 Å². The molecule has 0 aliphatic heterocycles. The van der Waals surface area contributed by atoms with Crippen molar-refractivity contribution in [3.05, 3.63) is 35.3 Å². The van der Waals surface area contributed by atoms with Gasteiger partial charge in [-0.3, -0.25) is 0 Å². The van der Waals surface area contributed by atoms with Gasteiger partial charge in [0.2, 0.25) is 0 Å². The van der Waals surface area contributed by atoms with Crippen LogP contribution in [0.15, 0.2) is 29.8 Å². The van der Waals surface area contributed by atoms with Crippen LogP contribution in [0.1, 0.15) is 25.3 Å². The highest BCUT2D eigenvalue weighted by Gasteiger charge is 2.04. The summed E-state index contributed by atoms with van der Waals surface area (Å²) in [7, 11) is 0. The van der Waals surface area contributed by atoms with Gasteiger partial charge in [0.25, 0.3) is 0 Å². The van der Waals surface area contributed by atoms with E-state index in [1.165, 1.54) is 4.88 Å². The third kappa shape index (κ3) is 2.31. The average Bonchev–Trinajstić information content (AvgIpc) is 2.87. The number of hydrogen-bond donors (Lipinski definition) is 1. The van der Waals surface area contributed by atoms with Crippen molar-refractivity contribution in [3.8, 4) is 22.4 Å². The SMILES string of the molecule is CCCC#Cc1cc[nH]c1-c1cccs1. The van der Waals surface area contributed by atoms with Crippen LogP contribution in [0.2, 0.25) is 0 Å². The molecule has 0 saturated carbocycles. The van der Waals surface area contributed by atoms with Gasteiger partial charge in [-0.15, -0.1) is 11.3 Å². The summed E-state index contributed by atoms with van der Waals surface area (Å²) in [4.78, 5) is 4.49. The first-order valence-electron chi connectivity index (χ1n) is 5.12. The third-order valence-corrected chi connectivity index (χ3v) is 3.00. The van der Waals surface area contributed by atoms with Gasteiger partial charge in [0.1, 0.15) is 0 Å². The lowest BCUT2D eigenvalue weighted by Crippen LogP contribution is -1.76. The zero-order valence-corrected chi connectivity index (χ0v) is 9.53. The van der Waals surface area contributed by atoms with Crippen molar-refractivity contribution in [2.24, 2.45) is 0 Å². The molecule has 0 atom stereocenters. The molecule has 0 aliphatic rings. The molecule has 0 unspecified atom stereocenters. The molecule has 76 valence electrons. The van der Waals surface area contributed by atoms with Crippen molar-refractivity contribution in [2.45, 2.75) is 19.8 Å². The maximum atomic E-state index is 3.24. The van der Waals surface area contributed by atoms with Crippen LogP contribution in [-0.2, 0) is 0 Å². The standard InChI is InChI=1S/C13H13NS/c1-2-3-4-6-11-8-9-14-13(11)12-7-5-10-15-12/h5,7-10,14H,2-3H2,1H3. The van der Waals surface area contributed by atoms with Crippen LogP contribution in [0.25, 0.3) is 10.6 Å². The summed E-state index contributed by atoms with van der Waals surface area (Å²) in [5.41, 5.74) is 2.25. The Balaban J connectivity index is 2.28. The highest BCUT2D eigenvalue weighted by atomic mass is 32.1. The molecule has 2 aromatic rings. The van der Waals surface area contributed by atoms with Gasteiger partial charge in [-0.1, -0.05) is 24.8 Å². The number of aromatic amines is 1. The summed E-state index contributed by atoms with van der Waals surface area (Å²) < 4.78 is 0. The normalized spacial score (nSPS) is 9.67. The highest BCUT2D eigenvalue weighted by molar-refractivity contribution is 7.13. The van der Waals surface area contributed by atoms with Gasteiger partial charge in [0, 0.05) is 12.6 Å². The fraction of sp³-hybridized carbons (Fsp3) is 0.231. The van der Waals surface area contributed by atoms with Gasteiger partial charge in [-0.25, -0.2) is 0 Å². The molecule has 2 rings (SSSR count). The number of H-pyrrole nitrogens is 1. The predicted molar refractivity (Wildman–Crippen MR) is 65.9 cm³/mol. The molecule has 0 aliphatic carbocycles. The summed E-state index contributed by atoms with van der Waals surface area (Å²) in [6.07, 6.45) is 4.03. The molecule has 2 heteroatoms. The fourth-order valence-electron chi connectivity index (χ4n) is 1.38. The van der Waals surface area contributed by atoms with Gasteiger partial charge >= 0.3 is 0 Å². The second-order valence-corrected chi connectivity index (χ2v) is 4.24. The second kappa shape index (κ2) is 4.86. The van der Waals surface area contributed by atoms with Crippen molar-refractivity contribution >= 4 is 11.3 Å². The molecule has 1 nitrogen and oxygen atoms in total. The van der Waals surface area contributed by atoms with E-state index < -0.39 is 0 Å². The molecule has 0 radical (unpaired) electrons. The van der Waals surface area contributed by atoms with Gasteiger partial charge in [0.05, 0.1) is 16.1 Å². The van der Waals surface area contributed by atoms with E-state index in [-0.39, 0.29) is 0 Å². The average molecular weight is 215 g/mol. The third-order valence-electron chi connectivity index (χ3n) is 2.11. The first-order valence-corrected chi connectivity index (χ1v) is 6.00. The molecule has 0 bridgehead atoms. The van der Waals surface area contributed by atoms with Crippen LogP contribution in [0.3, 0.4) is 0 Å². The minimum absolute atomic E-state index is 0.967. The van der Waals surface area contributed by atoms with Gasteiger partial charge < -0.3 is 4.98 Å². The Morgan fingerprint density at radius 2 is 2.33 bits per heavy atom. The molecule has 15 heavy (non-hydrogen) atoms. The Morgan fingerprint density at radius 1 is 1.40 bits per heavy atom.